The molecule has 1 aromatic rings. The second-order valence-corrected chi connectivity index (χ2v) is 5.85. The fourth-order valence-corrected chi connectivity index (χ4v) is 2.36. The molecular formula is C11H22ClN3S. The molecule has 1 aromatic heterocycles. The molecule has 0 aliphatic heterocycles. The molecule has 94 valence electrons. The van der Waals surface area contributed by atoms with E-state index in [0.717, 1.165) is 13.1 Å². The number of halogens is 1. The lowest BCUT2D eigenvalue weighted by Crippen LogP contribution is -2.25. The van der Waals surface area contributed by atoms with E-state index in [1.54, 1.807) is 11.3 Å². The third-order valence-corrected chi connectivity index (χ3v) is 3.07. The van der Waals surface area contributed by atoms with Crippen LogP contribution >= 0.6 is 23.7 Å². The first-order valence-corrected chi connectivity index (χ1v) is 6.15. The summed E-state index contributed by atoms with van der Waals surface area (Å²) < 4.78 is 0. The zero-order chi connectivity index (χ0) is 11.5. The highest BCUT2D eigenvalue weighted by atomic mass is 35.5. The van der Waals surface area contributed by atoms with E-state index in [0.29, 0.717) is 6.54 Å². The van der Waals surface area contributed by atoms with Gasteiger partial charge in [-0.1, -0.05) is 20.8 Å². The molecule has 1 heterocycles. The SMILES string of the molecule is CN(CCN)Cc1nc(C(C)(C)C)cs1.Cl. The summed E-state index contributed by atoms with van der Waals surface area (Å²) in [4.78, 5) is 6.84. The molecule has 2 N–H and O–H groups in total. The Bertz CT molecular complexity index is 306. The van der Waals surface area contributed by atoms with Gasteiger partial charge in [-0.3, -0.25) is 4.90 Å². The number of rotatable bonds is 4. The second-order valence-electron chi connectivity index (χ2n) is 4.90. The van der Waals surface area contributed by atoms with Gasteiger partial charge < -0.3 is 5.73 Å². The maximum absolute atomic E-state index is 5.50. The molecule has 0 atom stereocenters. The van der Waals surface area contributed by atoms with Crippen LogP contribution in [-0.4, -0.2) is 30.0 Å². The van der Waals surface area contributed by atoms with Gasteiger partial charge in [-0.15, -0.1) is 23.7 Å². The minimum atomic E-state index is 0. The molecule has 0 spiro atoms. The molecule has 0 fully saturated rings. The van der Waals surface area contributed by atoms with Crippen molar-refractivity contribution in [1.29, 1.82) is 0 Å². The summed E-state index contributed by atoms with van der Waals surface area (Å²) in [7, 11) is 2.07. The number of likely N-dealkylation sites (N-methyl/N-ethyl adjacent to an activating group) is 1. The average molecular weight is 264 g/mol. The van der Waals surface area contributed by atoms with Crippen molar-refractivity contribution in [3.05, 3.63) is 16.1 Å². The maximum atomic E-state index is 5.50. The van der Waals surface area contributed by atoms with Gasteiger partial charge in [0.15, 0.2) is 0 Å². The van der Waals surface area contributed by atoms with Crippen molar-refractivity contribution in [2.75, 3.05) is 20.1 Å². The minimum absolute atomic E-state index is 0. The molecule has 0 aliphatic rings. The van der Waals surface area contributed by atoms with Crippen LogP contribution in [0, 0.1) is 0 Å². The van der Waals surface area contributed by atoms with Crippen LogP contribution in [-0.2, 0) is 12.0 Å². The predicted octanol–water partition coefficient (Wildman–Crippen LogP) is 2.25. The second kappa shape index (κ2) is 6.55. The third kappa shape index (κ3) is 4.78. The topological polar surface area (TPSA) is 42.1 Å². The van der Waals surface area contributed by atoms with Gasteiger partial charge in [0.25, 0.3) is 0 Å². The number of nitrogens with two attached hydrogens (primary N) is 1. The van der Waals surface area contributed by atoms with Gasteiger partial charge in [-0.2, -0.15) is 0 Å². The van der Waals surface area contributed by atoms with Crippen molar-refractivity contribution in [2.24, 2.45) is 5.73 Å². The Labute approximate surface area is 108 Å². The Balaban J connectivity index is 0.00000225. The smallest absolute Gasteiger partial charge is 0.107 e. The number of hydrogen-bond donors (Lipinski definition) is 1. The highest BCUT2D eigenvalue weighted by molar-refractivity contribution is 7.09. The first-order valence-electron chi connectivity index (χ1n) is 5.27. The molecule has 0 saturated heterocycles. The molecule has 16 heavy (non-hydrogen) atoms. The summed E-state index contributed by atoms with van der Waals surface area (Å²) in [5.74, 6) is 0. The van der Waals surface area contributed by atoms with Gasteiger partial charge in [0.05, 0.1) is 12.2 Å². The Morgan fingerprint density at radius 3 is 2.50 bits per heavy atom. The monoisotopic (exact) mass is 263 g/mol. The highest BCUT2D eigenvalue weighted by Crippen LogP contribution is 2.24. The summed E-state index contributed by atoms with van der Waals surface area (Å²) >= 11 is 1.74. The zero-order valence-electron chi connectivity index (χ0n) is 10.5. The first kappa shape index (κ1) is 15.8. The van der Waals surface area contributed by atoms with E-state index in [9.17, 15) is 0 Å². The summed E-state index contributed by atoms with van der Waals surface area (Å²) in [6.45, 7) is 9.09. The van der Waals surface area contributed by atoms with Crippen molar-refractivity contribution in [3.8, 4) is 0 Å². The molecule has 0 aromatic carbocycles. The zero-order valence-corrected chi connectivity index (χ0v) is 12.1. The maximum Gasteiger partial charge on any atom is 0.107 e. The van der Waals surface area contributed by atoms with E-state index in [4.69, 9.17) is 5.73 Å². The van der Waals surface area contributed by atoms with Crippen LogP contribution in [0.3, 0.4) is 0 Å². The fraction of sp³-hybridized carbons (Fsp3) is 0.727. The molecule has 0 bridgehead atoms. The predicted molar refractivity (Wildman–Crippen MR) is 73.5 cm³/mol. The number of nitrogens with zero attached hydrogens (tertiary/aromatic N) is 2. The highest BCUT2D eigenvalue weighted by Gasteiger charge is 2.17. The molecular weight excluding hydrogens is 242 g/mol. The van der Waals surface area contributed by atoms with Crippen LogP contribution in [0.2, 0.25) is 0 Å². The molecule has 0 unspecified atom stereocenters. The quantitative estimate of drug-likeness (QED) is 0.906. The fourth-order valence-electron chi connectivity index (χ4n) is 1.26. The molecule has 0 radical (unpaired) electrons. The van der Waals surface area contributed by atoms with E-state index in [2.05, 4.69) is 43.1 Å². The van der Waals surface area contributed by atoms with Gasteiger partial charge in [-0.05, 0) is 7.05 Å². The Morgan fingerprint density at radius 1 is 1.44 bits per heavy atom. The molecule has 0 amide bonds. The van der Waals surface area contributed by atoms with Crippen LogP contribution in [0.1, 0.15) is 31.5 Å². The Hall–Kier alpha value is -0.160. The summed E-state index contributed by atoms with van der Waals surface area (Å²) in [5.41, 5.74) is 6.84. The van der Waals surface area contributed by atoms with Gasteiger partial charge in [-0.25, -0.2) is 4.98 Å². The van der Waals surface area contributed by atoms with Crippen LogP contribution in [0.25, 0.3) is 0 Å². The third-order valence-electron chi connectivity index (χ3n) is 2.24. The van der Waals surface area contributed by atoms with E-state index in [1.165, 1.54) is 10.7 Å². The largest absolute Gasteiger partial charge is 0.329 e. The minimum Gasteiger partial charge on any atom is -0.329 e. The molecule has 1 rings (SSSR count). The van der Waals surface area contributed by atoms with E-state index in [1.807, 2.05) is 0 Å². The van der Waals surface area contributed by atoms with Crippen molar-refractivity contribution in [3.63, 3.8) is 0 Å². The van der Waals surface area contributed by atoms with Crippen molar-refractivity contribution < 1.29 is 0 Å². The number of thiazole rings is 1. The Morgan fingerprint density at radius 2 is 2.06 bits per heavy atom. The van der Waals surface area contributed by atoms with Crippen LogP contribution < -0.4 is 5.73 Å². The summed E-state index contributed by atoms with van der Waals surface area (Å²) in [6.07, 6.45) is 0. The van der Waals surface area contributed by atoms with Gasteiger partial charge in [0.1, 0.15) is 5.01 Å². The van der Waals surface area contributed by atoms with Crippen LogP contribution in [0.5, 0.6) is 0 Å². The van der Waals surface area contributed by atoms with Gasteiger partial charge >= 0.3 is 0 Å². The van der Waals surface area contributed by atoms with Crippen LogP contribution in [0.4, 0.5) is 0 Å². The normalized spacial score (nSPS) is 11.6. The summed E-state index contributed by atoms with van der Waals surface area (Å²) in [6, 6.07) is 0. The van der Waals surface area contributed by atoms with E-state index in [-0.39, 0.29) is 17.8 Å². The van der Waals surface area contributed by atoms with Crippen molar-refractivity contribution in [2.45, 2.75) is 32.7 Å². The first-order chi connectivity index (χ1) is 6.93. The van der Waals surface area contributed by atoms with Gasteiger partial charge in [0.2, 0.25) is 0 Å². The lowest BCUT2D eigenvalue weighted by atomic mass is 9.93. The van der Waals surface area contributed by atoms with Crippen molar-refractivity contribution >= 4 is 23.7 Å². The summed E-state index contributed by atoms with van der Waals surface area (Å²) in [5, 5.41) is 3.34. The standard InChI is InChI=1S/C11H21N3S.ClH/c1-11(2,3)9-8-15-10(13-9)7-14(4)6-5-12;/h8H,5-7,12H2,1-4H3;1H. The van der Waals surface area contributed by atoms with Gasteiger partial charge in [0, 0.05) is 23.9 Å². The van der Waals surface area contributed by atoms with Crippen LogP contribution in [0.15, 0.2) is 5.38 Å². The molecule has 5 heteroatoms. The number of hydrogen-bond acceptors (Lipinski definition) is 4. The molecule has 0 aliphatic carbocycles. The van der Waals surface area contributed by atoms with E-state index < -0.39 is 0 Å². The van der Waals surface area contributed by atoms with Crippen molar-refractivity contribution in [1.82, 2.24) is 9.88 Å². The molecule has 0 saturated carbocycles. The van der Waals surface area contributed by atoms with E-state index >= 15 is 0 Å². The lowest BCUT2D eigenvalue weighted by molar-refractivity contribution is 0.335. The Kier molecular flexibility index (Phi) is 6.48. The molecule has 3 nitrogen and oxygen atoms in total. The average Bonchev–Trinajstić information content (AvgIpc) is 2.52. The number of aromatic nitrogens is 1. The lowest BCUT2D eigenvalue weighted by Gasteiger charge is -2.15.